The van der Waals surface area contributed by atoms with Gasteiger partial charge in [0.25, 0.3) is 0 Å². The number of hydrogen-bond donors (Lipinski definition) is 4. The summed E-state index contributed by atoms with van der Waals surface area (Å²) in [5.41, 5.74) is 6.73. The molecule has 3 heterocycles. The summed E-state index contributed by atoms with van der Waals surface area (Å²) in [6.45, 7) is 10.7. The first-order valence-electron chi connectivity index (χ1n) is 15.7. The Kier molecular flexibility index (Phi) is 9.09. The molecular weight excluding hydrogens is 548 g/mol. The second-order valence-corrected chi connectivity index (χ2v) is 11.8. The molecule has 0 aliphatic carbocycles. The van der Waals surface area contributed by atoms with Crippen molar-refractivity contribution in [1.29, 1.82) is 0 Å². The van der Waals surface area contributed by atoms with Crippen LogP contribution in [0.5, 0.6) is 11.5 Å². The number of phenolic OH excluding ortho intramolecular Hbond substituents is 2. The predicted molar refractivity (Wildman–Crippen MR) is 184 cm³/mol. The van der Waals surface area contributed by atoms with Gasteiger partial charge in [-0.2, -0.15) is 0 Å². The van der Waals surface area contributed by atoms with Crippen molar-refractivity contribution in [3.05, 3.63) is 82.9 Å². The molecule has 8 heteroatoms. The summed E-state index contributed by atoms with van der Waals surface area (Å²) in [5.74, 6) is 0.497. The number of phenols is 2. The molecule has 4 aromatic carbocycles. The molecule has 0 aromatic heterocycles. The Balaban J connectivity index is 1.53. The second kappa shape index (κ2) is 13.5. The van der Waals surface area contributed by atoms with Gasteiger partial charge in [0.2, 0.25) is 0 Å². The van der Waals surface area contributed by atoms with Crippen molar-refractivity contribution < 1.29 is 10.2 Å². The van der Waals surface area contributed by atoms with Crippen LogP contribution in [0.2, 0.25) is 0 Å². The van der Waals surface area contributed by atoms with E-state index in [0.717, 1.165) is 110 Å². The predicted octanol–water partition coefficient (Wildman–Crippen LogP) is 5.97. The lowest BCUT2D eigenvalue weighted by Gasteiger charge is -2.29. The first-order valence-corrected chi connectivity index (χ1v) is 15.7. The van der Waals surface area contributed by atoms with Crippen LogP contribution in [0.1, 0.15) is 35.1 Å². The molecule has 0 saturated carbocycles. The number of anilines is 2. The van der Waals surface area contributed by atoms with Gasteiger partial charge in [-0.05, 0) is 92.7 Å². The molecule has 44 heavy (non-hydrogen) atoms. The van der Waals surface area contributed by atoms with Crippen LogP contribution in [-0.4, -0.2) is 75.0 Å². The Morgan fingerprint density at radius 2 is 1.09 bits per heavy atom. The van der Waals surface area contributed by atoms with Gasteiger partial charge in [0.1, 0.15) is 11.5 Å². The third-order valence-electron chi connectivity index (χ3n) is 8.43. The van der Waals surface area contributed by atoms with Gasteiger partial charge < -0.3 is 30.6 Å². The Morgan fingerprint density at radius 3 is 1.57 bits per heavy atom. The van der Waals surface area contributed by atoms with E-state index in [-0.39, 0.29) is 11.5 Å². The number of aliphatic imine (C=N–C) groups is 2. The van der Waals surface area contributed by atoms with Crippen LogP contribution in [0.3, 0.4) is 0 Å². The molecule has 4 N–H and O–H groups in total. The molecule has 3 aliphatic rings. The van der Waals surface area contributed by atoms with Gasteiger partial charge in [0.15, 0.2) is 0 Å². The average Bonchev–Trinajstić information content (AvgIpc) is 3.02. The van der Waals surface area contributed by atoms with Crippen LogP contribution in [0, 0.1) is 13.8 Å². The van der Waals surface area contributed by atoms with Gasteiger partial charge in [-0.3, -0.25) is 9.98 Å². The quantitative estimate of drug-likeness (QED) is 0.202. The third-order valence-corrected chi connectivity index (χ3v) is 8.43. The van der Waals surface area contributed by atoms with Crippen molar-refractivity contribution in [2.75, 3.05) is 62.2 Å². The summed E-state index contributed by atoms with van der Waals surface area (Å²) in [6, 6.07) is 20.1. The van der Waals surface area contributed by atoms with E-state index in [1.165, 1.54) is 0 Å². The van der Waals surface area contributed by atoms with Crippen LogP contribution in [0.15, 0.2) is 70.6 Å². The fraction of sp³-hybridized carbons (Fsp3) is 0.333. The lowest BCUT2D eigenvalue weighted by Crippen LogP contribution is -2.38. The summed E-state index contributed by atoms with van der Waals surface area (Å²) >= 11 is 0. The fourth-order valence-corrected chi connectivity index (χ4v) is 6.22. The summed E-state index contributed by atoms with van der Waals surface area (Å²) in [6.07, 6.45) is 5.40. The maximum atomic E-state index is 11.5. The molecular formula is C36H42N6O2. The van der Waals surface area contributed by atoms with E-state index in [2.05, 4.69) is 58.5 Å². The fourth-order valence-electron chi connectivity index (χ4n) is 6.22. The number of fused-ring (bicyclic) bond motifs is 10. The van der Waals surface area contributed by atoms with Gasteiger partial charge in [-0.15, -0.1) is 0 Å². The molecule has 3 aliphatic heterocycles. The Bertz CT molecular complexity index is 1560. The van der Waals surface area contributed by atoms with E-state index in [1.54, 1.807) is 12.4 Å². The zero-order valence-corrected chi connectivity index (χ0v) is 25.7. The molecule has 1 fully saturated rings. The van der Waals surface area contributed by atoms with Crippen LogP contribution in [0.4, 0.5) is 22.7 Å². The van der Waals surface area contributed by atoms with Crippen molar-refractivity contribution in [3.8, 4) is 11.5 Å². The van der Waals surface area contributed by atoms with E-state index in [1.807, 2.05) is 36.4 Å². The number of benzene rings is 4. The monoisotopic (exact) mass is 590 g/mol. The van der Waals surface area contributed by atoms with Gasteiger partial charge in [0, 0.05) is 68.2 Å². The molecule has 0 atom stereocenters. The molecule has 4 aromatic rings. The Hall–Kier alpha value is -4.40. The number of aryl methyl sites for hydroxylation is 2. The molecule has 0 unspecified atom stereocenters. The zero-order valence-electron chi connectivity index (χ0n) is 25.7. The summed E-state index contributed by atoms with van der Waals surface area (Å²) in [5, 5.41) is 32.2. The van der Waals surface area contributed by atoms with Crippen molar-refractivity contribution >= 4 is 46.0 Å². The summed E-state index contributed by atoms with van der Waals surface area (Å²) in [7, 11) is 0. The first-order chi connectivity index (χ1) is 21.5. The third kappa shape index (κ3) is 6.56. The van der Waals surface area contributed by atoms with E-state index in [4.69, 9.17) is 9.98 Å². The molecule has 0 radical (unpaired) electrons. The van der Waals surface area contributed by atoms with Gasteiger partial charge in [-0.1, -0.05) is 24.3 Å². The molecule has 1 saturated heterocycles. The lowest BCUT2D eigenvalue weighted by molar-refractivity contribution is 0.469. The molecule has 7 rings (SSSR count). The van der Waals surface area contributed by atoms with Crippen LogP contribution >= 0.6 is 0 Å². The van der Waals surface area contributed by atoms with E-state index < -0.39 is 0 Å². The van der Waals surface area contributed by atoms with Gasteiger partial charge >= 0.3 is 0 Å². The smallest absolute Gasteiger partial charge is 0.147 e. The van der Waals surface area contributed by atoms with E-state index in [9.17, 15) is 10.2 Å². The first kappa shape index (κ1) is 29.7. The molecule has 228 valence electrons. The maximum Gasteiger partial charge on any atom is 0.147 e. The van der Waals surface area contributed by atoms with Crippen molar-refractivity contribution in [2.24, 2.45) is 9.98 Å². The number of nitrogens with one attached hydrogen (secondary N) is 2. The highest BCUT2D eigenvalue weighted by Crippen LogP contribution is 2.37. The molecule has 8 nitrogen and oxygen atoms in total. The van der Waals surface area contributed by atoms with Crippen LogP contribution in [0.25, 0.3) is 10.8 Å². The summed E-state index contributed by atoms with van der Waals surface area (Å²) < 4.78 is 0. The number of rotatable bonds is 0. The molecule has 0 amide bonds. The Labute approximate surface area is 259 Å². The van der Waals surface area contributed by atoms with Crippen LogP contribution < -0.4 is 20.4 Å². The minimum Gasteiger partial charge on any atom is -0.505 e. The highest BCUT2D eigenvalue weighted by molar-refractivity contribution is 6.04. The number of aromatic hydroxyl groups is 2. The highest BCUT2D eigenvalue weighted by atomic mass is 16.3. The maximum absolute atomic E-state index is 11.5. The summed E-state index contributed by atoms with van der Waals surface area (Å²) in [4.78, 5) is 14.4. The SMILES string of the molecule is Cc1cc2c(O)c(c1)N1CCCNCCN(CCCNCC1)c1cc(C)cc(c1O)C=Nc1cccc3cccc(c13)N=C2. The highest BCUT2D eigenvalue weighted by Gasteiger charge is 2.18. The molecule has 6 bridgehead atoms. The second-order valence-electron chi connectivity index (χ2n) is 11.8. The van der Waals surface area contributed by atoms with Crippen molar-refractivity contribution in [1.82, 2.24) is 10.6 Å². The normalized spacial score (nSPS) is 16.6. The van der Waals surface area contributed by atoms with Crippen LogP contribution in [-0.2, 0) is 0 Å². The standard InChI is InChI=1S/C36H42N6O2/c1-25-19-28-23-39-30-9-3-7-27-8-4-10-31(34(27)30)40-24-29-20-26(2)22-33(36(29)44)42-16-6-12-37-13-17-41(32(21-25)35(28)43)15-5-11-38-14-18-42/h3-4,7-10,19-24,37-38,43-44H,5-6,11-18H2,1-2H3. The molecule has 0 spiro atoms. The number of hydrogen-bond acceptors (Lipinski definition) is 8. The zero-order chi connectivity index (χ0) is 30.5. The average molecular weight is 591 g/mol. The lowest BCUT2D eigenvalue weighted by atomic mass is 10.1. The van der Waals surface area contributed by atoms with Crippen molar-refractivity contribution in [3.63, 3.8) is 0 Å². The van der Waals surface area contributed by atoms with Gasteiger partial charge in [-0.25, -0.2) is 0 Å². The largest absolute Gasteiger partial charge is 0.505 e. The van der Waals surface area contributed by atoms with E-state index in [0.29, 0.717) is 11.1 Å². The van der Waals surface area contributed by atoms with Gasteiger partial charge in [0.05, 0.1) is 22.7 Å². The van der Waals surface area contributed by atoms with Crippen molar-refractivity contribution in [2.45, 2.75) is 26.7 Å². The minimum absolute atomic E-state index is 0.249. The number of nitrogens with zero attached hydrogens (tertiary/aromatic N) is 4. The Morgan fingerprint density at radius 1 is 0.614 bits per heavy atom. The topological polar surface area (TPSA) is 95.7 Å². The minimum atomic E-state index is 0.249. The van der Waals surface area contributed by atoms with E-state index >= 15 is 0 Å².